The Morgan fingerprint density at radius 3 is 2.42 bits per heavy atom. The van der Waals surface area contributed by atoms with Crippen molar-refractivity contribution in [3.05, 3.63) is 23.8 Å². The zero-order chi connectivity index (χ0) is 14.3. The van der Waals surface area contributed by atoms with Gasteiger partial charge in [0.25, 0.3) is 0 Å². The molecule has 0 saturated carbocycles. The highest BCUT2D eigenvalue weighted by molar-refractivity contribution is 5.77. The molecule has 0 amide bonds. The lowest BCUT2D eigenvalue weighted by Crippen LogP contribution is -2.30. The molecule has 1 aromatic carbocycles. The van der Waals surface area contributed by atoms with Crippen molar-refractivity contribution in [1.82, 2.24) is 5.32 Å². The van der Waals surface area contributed by atoms with Gasteiger partial charge in [-0.25, -0.2) is 4.79 Å². The van der Waals surface area contributed by atoms with E-state index in [1.165, 1.54) is 7.11 Å². The van der Waals surface area contributed by atoms with Crippen LogP contribution in [-0.2, 0) is 9.53 Å². The predicted octanol–water partition coefficient (Wildman–Crippen LogP) is 1.92. The zero-order valence-electron chi connectivity index (χ0n) is 11.9. The van der Waals surface area contributed by atoms with Gasteiger partial charge in [-0.3, -0.25) is 0 Å². The van der Waals surface area contributed by atoms with E-state index in [1.807, 2.05) is 13.0 Å². The average Bonchev–Trinajstić information content (AvgIpc) is 2.46. The van der Waals surface area contributed by atoms with Crippen LogP contribution in [0.4, 0.5) is 0 Å². The van der Waals surface area contributed by atoms with Gasteiger partial charge in [0.15, 0.2) is 11.5 Å². The Bertz CT molecular complexity index is 420. The first kappa shape index (κ1) is 15.3. The minimum atomic E-state index is -0.496. The molecule has 106 valence electrons. The van der Waals surface area contributed by atoms with Crippen molar-refractivity contribution in [2.75, 3.05) is 27.9 Å². The lowest BCUT2D eigenvalue weighted by Gasteiger charge is -2.18. The van der Waals surface area contributed by atoms with Crippen molar-refractivity contribution in [2.24, 2.45) is 0 Å². The first-order valence-corrected chi connectivity index (χ1v) is 6.21. The summed E-state index contributed by atoms with van der Waals surface area (Å²) in [6, 6.07) is 4.89. The molecule has 0 aliphatic heterocycles. The van der Waals surface area contributed by atoms with Crippen LogP contribution in [0.25, 0.3) is 0 Å². The molecule has 0 fully saturated rings. The fraction of sp³-hybridized carbons (Fsp3) is 0.500. The van der Waals surface area contributed by atoms with Crippen molar-refractivity contribution >= 4 is 5.97 Å². The fourth-order valence-corrected chi connectivity index (χ4v) is 1.78. The number of hydrogen-bond donors (Lipinski definition) is 1. The van der Waals surface area contributed by atoms with Crippen LogP contribution >= 0.6 is 0 Å². The van der Waals surface area contributed by atoms with Gasteiger partial charge in [0.2, 0.25) is 0 Å². The largest absolute Gasteiger partial charge is 0.493 e. The van der Waals surface area contributed by atoms with Gasteiger partial charge < -0.3 is 19.5 Å². The number of carbonyl (C=O) groups is 1. The molecule has 0 bridgehead atoms. The van der Waals surface area contributed by atoms with E-state index in [0.717, 1.165) is 18.5 Å². The number of nitrogens with one attached hydrogen (secondary N) is 1. The molecule has 1 unspecified atom stereocenters. The maximum absolute atomic E-state index is 11.8. The number of methoxy groups -OCH3 is 3. The van der Waals surface area contributed by atoms with Crippen LogP contribution < -0.4 is 14.8 Å². The molecule has 1 rings (SSSR count). The van der Waals surface area contributed by atoms with Crippen LogP contribution in [0, 0.1) is 0 Å². The minimum absolute atomic E-state index is 0.319. The Hall–Kier alpha value is -1.75. The summed E-state index contributed by atoms with van der Waals surface area (Å²) >= 11 is 0. The zero-order valence-corrected chi connectivity index (χ0v) is 11.9. The van der Waals surface area contributed by atoms with Gasteiger partial charge in [0, 0.05) is 0 Å². The van der Waals surface area contributed by atoms with Crippen molar-refractivity contribution < 1.29 is 19.0 Å². The first-order valence-electron chi connectivity index (χ1n) is 6.21. The molecule has 0 heterocycles. The molecule has 1 aromatic rings. The highest BCUT2D eigenvalue weighted by atomic mass is 16.5. The topological polar surface area (TPSA) is 56.8 Å². The summed E-state index contributed by atoms with van der Waals surface area (Å²) in [5, 5.41) is 3.15. The van der Waals surface area contributed by atoms with Crippen LogP contribution in [0.15, 0.2) is 18.2 Å². The van der Waals surface area contributed by atoms with Crippen LogP contribution in [-0.4, -0.2) is 33.8 Å². The van der Waals surface area contributed by atoms with Crippen molar-refractivity contribution in [1.29, 1.82) is 0 Å². The molecule has 1 atom stereocenters. The maximum Gasteiger partial charge on any atom is 0.327 e. The summed E-state index contributed by atoms with van der Waals surface area (Å²) in [6.45, 7) is 2.77. The number of esters is 1. The van der Waals surface area contributed by atoms with Crippen LogP contribution in [0.1, 0.15) is 24.9 Å². The molecule has 19 heavy (non-hydrogen) atoms. The van der Waals surface area contributed by atoms with E-state index >= 15 is 0 Å². The number of benzene rings is 1. The summed E-state index contributed by atoms with van der Waals surface area (Å²) in [5.41, 5.74) is 0.790. The van der Waals surface area contributed by atoms with Crippen molar-refractivity contribution in [3.63, 3.8) is 0 Å². The van der Waals surface area contributed by atoms with E-state index in [0.29, 0.717) is 11.5 Å². The van der Waals surface area contributed by atoms with E-state index in [-0.39, 0.29) is 5.97 Å². The minimum Gasteiger partial charge on any atom is -0.493 e. The van der Waals surface area contributed by atoms with E-state index in [4.69, 9.17) is 14.2 Å². The maximum atomic E-state index is 11.8. The van der Waals surface area contributed by atoms with Crippen LogP contribution in [0.2, 0.25) is 0 Å². The quantitative estimate of drug-likeness (QED) is 0.765. The SMILES string of the molecule is CCCNC(C(=O)OC)c1ccc(OC)c(OC)c1. The molecule has 5 nitrogen and oxygen atoms in total. The second kappa shape index (κ2) is 7.63. The second-order valence-corrected chi connectivity index (χ2v) is 4.02. The summed E-state index contributed by atoms with van der Waals surface area (Å²) in [7, 11) is 4.52. The third-order valence-corrected chi connectivity index (χ3v) is 2.78. The molecular weight excluding hydrogens is 246 g/mol. The highest BCUT2D eigenvalue weighted by Crippen LogP contribution is 2.30. The monoisotopic (exact) mass is 267 g/mol. The van der Waals surface area contributed by atoms with E-state index in [9.17, 15) is 4.79 Å². The number of hydrogen-bond acceptors (Lipinski definition) is 5. The third-order valence-electron chi connectivity index (χ3n) is 2.78. The lowest BCUT2D eigenvalue weighted by atomic mass is 10.1. The van der Waals surface area contributed by atoms with E-state index in [1.54, 1.807) is 26.4 Å². The van der Waals surface area contributed by atoms with Gasteiger partial charge in [-0.05, 0) is 30.7 Å². The summed E-state index contributed by atoms with van der Waals surface area (Å²) in [6.07, 6.45) is 0.931. The molecule has 0 saturated heterocycles. The third kappa shape index (κ3) is 3.86. The van der Waals surface area contributed by atoms with Crippen molar-refractivity contribution in [2.45, 2.75) is 19.4 Å². The van der Waals surface area contributed by atoms with E-state index in [2.05, 4.69) is 5.32 Å². The molecule has 0 aliphatic rings. The van der Waals surface area contributed by atoms with Gasteiger partial charge >= 0.3 is 5.97 Å². The Kier molecular flexibility index (Phi) is 6.15. The normalized spacial score (nSPS) is 11.8. The standard InChI is InChI=1S/C14H21NO4/c1-5-8-15-13(14(16)19-4)10-6-7-11(17-2)12(9-10)18-3/h6-7,9,13,15H,5,8H2,1-4H3. The molecule has 0 aromatic heterocycles. The van der Waals surface area contributed by atoms with Gasteiger partial charge in [-0.1, -0.05) is 13.0 Å². The summed E-state index contributed by atoms with van der Waals surface area (Å²) < 4.78 is 15.2. The summed E-state index contributed by atoms with van der Waals surface area (Å²) in [5.74, 6) is 0.901. The number of rotatable bonds is 7. The molecular formula is C14H21NO4. The number of carbonyl (C=O) groups excluding carboxylic acids is 1. The van der Waals surface area contributed by atoms with Crippen LogP contribution in [0.5, 0.6) is 11.5 Å². The smallest absolute Gasteiger partial charge is 0.327 e. The lowest BCUT2D eigenvalue weighted by molar-refractivity contribution is -0.143. The van der Waals surface area contributed by atoms with Gasteiger partial charge in [-0.2, -0.15) is 0 Å². The fourth-order valence-electron chi connectivity index (χ4n) is 1.78. The molecule has 0 spiro atoms. The van der Waals surface area contributed by atoms with Crippen LogP contribution in [0.3, 0.4) is 0 Å². The molecule has 1 N–H and O–H groups in total. The van der Waals surface area contributed by atoms with Crippen molar-refractivity contribution in [3.8, 4) is 11.5 Å². The molecule has 5 heteroatoms. The molecule has 0 aliphatic carbocycles. The van der Waals surface area contributed by atoms with Gasteiger partial charge in [-0.15, -0.1) is 0 Å². The Balaban J connectivity index is 3.04. The van der Waals surface area contributed by atoms with Gasteiger partial charge in [0.1, 0.15) is 6.04 Å². The van der Waals surface area contributed by atoms with Gasteiger partial charge in [0.05, 0.1) is 21.3 Å². The summed E-state index contributed by atoms with van der Waals surface area (Å²) in [4.78, 5) is 11.8. The first-order chi connectivity index (χ1) is 9.17. The average molecular weight is 267 g/mol. The Morgan fingerprint density at radius 2 is 1.89 bits per heavy atom. The predicted molar refractivity (Wildman–Crippen MR) is 72.6 cm³/mol. The Labute approximate surface area is 113 Å². The van der Waals surface area contributed by atoms with E-state index < -0.39 is 6.04 Å². The Morgan fingerprint density at radius 1 is 1.21 bits per heavy atom. The molecule has 0 radical (unpaired) electrons. The second-order valence-electron chi connectivity index (χ2n) is 4.02. The highest BCUT2D eigenvalue weighted by Gasteiger charge is 2.21. The number of ether oxygens (including phenoxy) is 3.